The maximum absolute atomic E-state index is 11.9. The number of aldehydes is 1. The van der Waals surface area contributed by atoms with Gasteiger partial charge in [-0.25, -0.2) is 4.79 Å². The van der Waals surface area contributed by atoms with Gasteiger partial charge in [0.2, 0.25) is 0 Å². The molecule has 1 saturated carbocycles. The van der Waals surface area contributed by atoms with Crippen LogP contribution in [0.15, 0.2) is 0 Å². The van der Waals surface area contributed by atoms with Gasteiger partial charge in [0.1, 0.15) is 11.9 Å². The molecule has 1 aliphatic carbocycles. The van der Waals surface area contributed by atoms with Crippen LogP contribution in [0.3, 0.4) is 0 Å². The molecule has 1 amide bonds. The largest absolute Gasteiger partial charge is 0.444 e. The Bertz CT molecular complexity index is 351. The van der Waals surface area contributed by atoms with Crippen molar-refractivity contribution < 1.29 is 14.3 Å². The zero-order valence-corrected chi connectivity index (χ0v) is 12.8. The van der Waals surface area contributed by atoms with Crippen molar-refractivity contribution in [2.75, 3.05) is 32.7 Å². The van der Waals surface area contributed by atoms with E-state index in [1.54, 1.807) is 4.90 Å². The molecule has 0 aromatic rings. The molecule has 1 saturated heterocycles. The highest BCUT2D eigenvalue weighted by Gasteiger charge is 2.32. The average molecular weight is 282 g/mol. The Morgan fingerprint density at radius 2 is 1.80 bits per heavy atom. The third-order valence-corrected chi connectivity index (χ3v) is 4.00. The van der Waals surface area contributed by atoms with Gasteiger partial charge in [-0.1, -0.05) is 0 Å². The molecule has 0 unspecified atom stereocenters. The van der Waals surface area contributed by atoms with Crippen LogP contribution in [0.1, 0.15) is 33.6 Å². The Hall–Kier alpha value is -1.10. The van der Waals surface area contributed by atoms with Gasteiger partial charge in [0.15, 0.2) is 0 Å². The van der Waals surface area contributed by atoms with Gasteiger partial charge in [-0.3, -0.25) is 4.90 Å². The molecule has 2 fully saturated rings. The molecule has 0 bridgehead atoms. The van der Waals surface area contributed by atoms with E-state index in [4.69, 9.17) is 4.74 Å². The zero-order chi connectivity index (χ0) is 14.8. The summed E-state index contributed by atoms with van der Waals surface area (Å²) in [6.07, 6.45) is 2.95. The summed E-state index contributed by atoms with van der Waals surface area (Å²) in [5.41, 5.74) is -0.427. The summed E-state index contributed by atoms with van der Waals surface area (Å²) in [7, 11) is 0. The van der Waals surface area contributed by atoms with Crippen molar-refractivity contribution in [3.8, 4) is 0 Å². The van der Waals surface area contributed by atoms with Gasteiger partial charge in [-0.15, -0.1) is 0 Å². The molecule has 1 aliphatic heterocycles. The summed E-state index contributed by atoms with van der Waals surface area (Å²) in [4.78, 5) is 26.7. The lowest BCUT2D eigenvalue weighted by Crippen LogP contribution is -2.51. The predicted molar refractivity (Wildman–Crippen MR) is 76.5 cm³/mol. The molecule has 5 nitrogen and oxygen atoms in total. The van der Waals surface area contributed by atoms with Crippen molar-refractivity contribution in [1.82, 2.24) is 9.80 Å². The van der Waals surface area contributed by atoms with Crippen molar-refractivity contribution in [3.05, 3.63) is 0 Å². The van der Waals surface area contributed by atoms with Gasteiger partial charge < -0.3 is 14.4 Å². The van der Waals surface area contributed by atoms with Gasteiger partial charge in [0.25, 0.3) is 0 Å². The van der Waals surface area contributed by atoms with Gasteiger partial charge in [-0.05, 0) is 39.5 Å². The minimum Gasteiger partial charge on any atom is -0.444 e. The third-order valence-electron chi connectivity index (χ3n) is 4.00. The van der Waals surface area contributed by atoms with E-state index in [1.165, 1.54) is 0 Å². The lowest BCUT2D eigenvalue weighted by atomic mass is 9.75. The molecule has 0 atom stereocenters. The Labute approximate surface area is 121 Å². The molecule has 0 spiro atoms. The molecule has 2 rings (SSSR count). The molecule has 2 aliphatic rings. The van der Waals surface area contributed by atoms with Gasteiger partial charge in [-0.2, -0.15) is 0 Å². The Kier molecular flexibility index (Phi) is 4.68. The van der Waals surface area contributed by atoms with E-state index >= 15 is 0 Å². The van der Waals surface area contributed by atoms with Crippen LogP contribution in [0, 0.1) is 11.8 Å². The zero-order valence-electron chi connectivity index (χ0n) is 12.8. The molecule has 20 heavy (non-hydrogen) atoms. The SMILES string of the molecule is CC(C)(C)OC(=O)N1CCN(C[C@H]2C[C@H](C=O)C2)CC1. The predicted octanol–water partition coefficient (Wildman–Crippen LogP) is 1.76. The van der Waals surface area contributed by atoms with Crippen molar-refractivity contribution in [1.29, 1.82) is 0 Å². The van der Waals surface area contributed by atoms with E-state index in [2.05, 4.69) is 4.90 Å². The molecule has 0 radical (unpaired) electrons. The average Bonchev–Trinajstić information content (AvgIpc) is 2.31. The van der Waals surface area contributed by atoms with Crippen molar-refractivity contribution >= 4 is 12.4 Å². The fourth-order valence-corrected chi connectivity index (χ4v) is 2.85. The van der Waals surface area contributed by atoms with Gasteiger partial charge in [0.05, 0.1) is 0 Å². The first-order valence-electron chi connectivity index (χ1n) is 7.53. The molecule has 114 valence electrons. The first-order chi connectivity index (χ1) is 9.37. The quantitative estimate of drug-likeness (QED) is 0.740. The molecular weight excluding hydrogens is 256 g/mol. The molecule has 5 heteroatoms. The topological polar surface area (TPSA) is 49.9 Å². The first-order valence-corrected chi connectivity index (χ1v) is 7.53. The van der Waals surface area contributed by atoms with Crippen LogP contribution in [-0.2, 0) is 9.53 Å². The van der Waals surface area contributed by atoms with Gasteiger partial charge >= 0.3 is 6.09 Å². The molecule has 0 aromatic carbocycles. The number of piperazine rings is 1. The Morgan fingerprint density at radius 1 is 1.20 bits per heavy atom. The van der Waals surface area contributed by atoms with E-state index in [1.807, 2.05) is 20.8 Å². The number of hydrogen-bond donors (Lipinski definition) is 0. The monoisotopic (exact) mass is 282 g/mol. The smallest absolute Gasteiger partial charge is 0.410 e. The molecule has 1 heterocycles. The number of rotatable bonds is 3. The second-order valence-corrected chi connectivity index (χ2v) is 7.00. The minimum atomic E-state index is -0.427. The second kappa shape index (κ2) is 6.12. The van der Waals surface area contributed by atoms with Gasteiger partial charge in [0, 0.05) is 38.6 Å². The maximum atomic E-state index is 11.9. The maximum Gasteiger partial charge on any atom is 0.410 e. The van der Waals surface area contributed by atoms with Crippen LogP contribution in [0.2, 0.25) is 0 Å². The summed E-state index contributed by atoms with van der Waals surface area (Å²) in [5.74, 6) is 0.960. The van der Waals surface area contributed by atoms with Crippen LogP contribution in [0.25, 0.3) is 0 Å². The van der Waals surface area contributed by atoms with E-state index in [-0.39, 0.29) is 6.09 Å². The summed E-state index contributed by atoms with van der Waals surface area (Å²) < 4.78 is 5.38. The number of carbonyl (C=O) groups excluding carboxylic acids is 2. The highest BCUT2D eigenvalue weighted by atomic mass is 16.6. The third kappa shape index (κ3) is 4.20. The minimum absolute atomic E-state index is 0.207. The van der Waals surface area contributed by atoms with Crippen LogP contribution >= 0.6 is 0 Å². The highest BCUT2D eigenvalue weighted by molar-refractivity contribution is 5.68. The first kappa shape index (κ1) is 15.3. The molecule has 0 aromatic heterocycles. The van der Waals surface area contributed by atoms with E-state index < -0.39 is 5.60 Å². The number of nitrogens with zero attached hydrogens (tertiary/aromatic N) is 2. The Balaban J connectivity index is 1.67. The van der Waals surface area contributed by atoms with Crippen molar-refractivity contribution in [3.63, 3.8) is 0 Å². The lowest BCUT2D eigenvalue weighted by molar-refractivity contribution is -0.114. The summed E-state index contributed by atoms with van der Waals surface area (Å²) >= 11 is 0. The fourth-order valence-electron chi connectivity index (χ4n) is 2.85. The number of amides is 1. The Morgan fingerprint density at radius 3 is 2.30 bits per heavy atom. The second-order valence-electron chi connectivity index (χ2n) is 7.00. The van der Waals surface area contributed by atoms with E-state index in [0.29, 0.717) is 11.8 Å². The van der Waals surface area contributed by atoms with Crippen LogP contribution < -0.4 is 0 Å². The fraction of sp³-hybridized carbons (Fsp3) is 0.867. The highest BCUT2D eigenvalue weighted by Crippen LogP contribution is 2.32. The van der Waals surface area contributed by atoms with Crippen LogP contribution in [-0.4, -0.2) is 60.5 Å². The summed E-state index contributed by atoms with van der Waals surface area (Å²) in [5, 5.41) is 0. The van der Waals surface area contributed by atoms with Crippen molar-refractivity contribution in [2.24, 2.45) is 11.8 Å². The standard InChI is InChI=1S/C15H26N2O3/c1-15(2,3)20-14(19)17-6-4-16(5-7-17)10-12-8-13(9-12)11-18/h11-13H,4-10H2,1-3H3/t12-,13-. The number of carbonyl (C=O) groups is 2. The summed E-state index contributed by atoms with van der Waals surface area (Å²) in [6.45, 7) is 10.0. The number of hydrogen-bond acceptors (Lipinski definition) is 4. The van der Waals surface area contributed by atoms with Crippen molar-refractivity contribution in [2.45, 2.75) is 39.2 Å². The van der Waals surface area contributed by atoms with E-state index in [9.17, 15) is 9.59 Å². The normalized spacial score (nSPS) is 27.9. The number of ether oxygens (including phenoxy) is 1. The van der Waals surface area contributed by atoms with Crippen LogP contribution in [0.5, 0.6) is 0 Å². The lowest BCUT2D eigenvalue weighted by Gasteiger charge is -2.40. The molecular formula is C15H26N2O3. The van der Waals surface area contributed by atoms with Crippen LogP contribution in [0.4, 0.5) is 4.79 Å². The summed E-state index contributed by atoms with van der Waals surface area (Å²) in [6, 6.07) is 0. The van der Waals surface area contributed by atoms with E-state index in [0.717, 1.165) is 51.9 Å². The molecule has 0 N–H and O–H groups in total.